The first kappa shape index (κ1) is 32.6. The minimum Gasteiger partial charge on any atom is -0.465 e. The lowest BCUT2D eigenvalue weighted by molar-refractivity contribution is -0.158. The van der Waals surface area contributed by atoms with E-state index in [2.05, 4.69) is 0 Å². The highest BCUT2D eigenvalue weighted by molar-refractivity contribution is 5.83. The Kier molecular flexibility index (Phi) is 11.5. The normalized spacial score (nSPS) is 14.2. The highest BCUT2D eigenvalue weighted by atomic mass is 16.6. The number of hydrogen-bond donors (Lipinski definition) is 0. The van der Waals surface area contributed by atoms with Gasteiger partial charge in [0.2, 0.25) is 11.8 Å². The Hall–Kier alpha value is -3.90. The summed E-state index contributed by atoms with van der Waals surface area (Å²) < 4.78 is 10.3. The van der Waals surface area contributed by atoms with Gasteiger partial charge >= 0.3 is 11.9 Å². The maximum atomic E-state index is 13.1. The molecule has 2 aromatic heterocycles. The molecule has 0 fully saturated rings. The van der Waals surface area contributed by atoms with Gasteiger partial charge in [0.25, 0.3) is 0 Å². The van der Waals surface area contributed by atoms with Gasteiger partial charge < -0.3 is 19.3 Å². The van der Waals surface area contributed by atoms with Gasteiger partial charge in [-0.3, -0.25) is 38.9 Å². The maximum absolute atomic E-state index is 13.1. The highest BCUT2D eigenvalue weighted by Crippen LogP contribution is 2.15. The Labute approximate surface area is 247 Å². The molecule has 12 nitrogen and oxygen atoms in total. The molecule has 228 valence electrons. The number of likely N-dealkylation sites (N-methyl/N-ethyl adjacent to an activating group) is 2. The molecule has 3 heterocycles. The van der Waals surface area contributed by atoms with Crippen LogP contribution < -0.4 is 0 Å². The molecule has 1 aliphatic rings. The summed E-state index contributed by atoms with van der Waals surface area (Å²) >= 11 is 0. The number of esters is 2. The second-order valence-corrected chi connectivity index (χ2v) is 11.4. The molecule has 12 heteroatoms. The predicted molar refractivity (Wildman–Crippen MR) is 154 cm³/mol. The van der Waals surface area contributed by atoms with Crippen LogP contribution in [0.1, 0.15) is 50.5 Å². The van der Waals surface area contributed by atoms with Crippen LogP contribution in [0.4, 0.5) is 0 Å². The molecule has 0 aliphatic carbocycles. The molecule has 1 aliphatic heterocycles. The number of amides is 2. The van der Waals surface area contributed by atoms with Crippen LogP contribution in [0, 0.1) is 0 Å². The van der Waals surface area contributed by atoms with Gasteiger partial charge in [-0.1, -0.05) is 12.1 Å². The van der Waals surface area contributed by atoms with Gasteiger partial charge in [0.15, 0.2) is 0 Å². The van der Waals surface area contributed by atoms with Crippen LogP contribution in [0.25, 0.3) is 0 Å². The molecule has 2 aromatic rings. The van der Waals surface area contributed by atoms with Crippen molar-refractivity contribution < 1.29 is 28.7 Å². The third-order valence-electron chi connectivity index (χ3n) is 6.30. The monoisotopic (exact) mass is 582 g/mol. The number of pyridine rings is 2. The molecule has 4 bridgehead atoms. The Morgan fingerprint density at radius 1 is 0.738 bits per heavy atom. The Morgan fingerprint density at radius 3 is 1.48 bits per heavy atom. The van der Waals surface area contributed by atoms with E-state index in [1.807, 2.05) is 46.2 Å². The first-order valence-corrected chi connectivity index (χ1v) is 14.0. The molecule has 0 unspecified atom stereocenters. The van der Waals surface area contributed by atoms with E-state index < -0.39 is 17.5 Å². The minimum atomic E-state index is -0.632. The zero-order valence-corrected chi connectivity index (χ0v) is 25.5. The number of rotatable bonds is 9. The Bertz CT molecular complexity index is 1210. The molecule has 42 heavy (non-hydrogen) atoms. The summed E-state index contributed by atoms with van der Waals surface area (Å²) in [6, 6.07) is 11.4. The van der Waals surface area contributed by atoms with Crippen molar-refractivity contribution in [2.45, 2.75) is 59.5 Å². The van der Waals surface area contributed by atoms with Gasteiger partial charge in [-0.05, 0) is 52.0 Å². The van der Waals surface area contributed by atoms with Gasteiger partial charge in [0, 0.05) is 40.3 Å². The third-order valence-corrected chi connectivity index (χ3v) is 6.30. The first-order chi connectivity index (χ1) is 19.8. The van der Waals surface area contributed by atoms with Crippen molar-refractivity contribution in [2.24, 2.45) is 0 Å². The molecule has 3 rings (SSSR count). The number of nitrogens with zero attached hydrogens (tertiary/aromatic N) is 6. The fourth-order valence-corrected chi connectivity index (χ4v) is 4.43. The second-order valence-electron chi connectivity index (χ2n) is 11.4. The van der Waals surface area contributed by atoms with Crippen molar-refractivity contribution in [1.82, 2.24) is 29.6 Å². The van der Waals surface area contributed by atoms with Gasteiger partial charge in [-0.15, -0.1) is 0 Å². The summed E-state index contributed by atoms with van der Waals surface area (Å²) in [5.41, 5.74) is 2.42. The lowest BCUT2D eigenvalue weighted by Gasteiger charge is -2.27. The topological polar surface area (TPSA) is 125 Å². The predicted octanol–water partition coefficient (Wildman–Crippen LogP) is 1.62. The number of carbonyl (C=O) groups excluding carboxylic acids is 4. The second kappa shape index (κ2) is 14.8. The number of hydrogen-bond acceptors (Lipinski definition) is 10. The van der Waals surface area contributed by atoms with Crippen LogP contribution in [0.5, 0.6) is 0 Å². The summed E-state index contributed by atoms with van der Waals surface area (Å²) in [6.45, 7) is 8.73. The lowest BCUT2D eigenvalue weighted by atomic mass is 10.2. The number of ether oxygens (including phenoxy) is 2. The first-order valence-electron chi connectivity index (χ1n) is 14.0. The molecule has 0 saturated heterocycles. The molecule has 0 saturated carbocycles. The van der Waals surface area contributed by atoms with E-state index in [0.717, 1.165) is 22.8 Å². The molecule has 0 aromatic carbocycles. The van der Waals surface area contributed by atoms with Gasteiger partial charge in [-0.2, -0.15) is 0 Å². The average molecular weight is 583 g/mol. The molecule has 2 amide bonds. The summed E-state index contributed by atoms with van der Waals surface area (Å²) in [7, 11) is 3.16. The molecule has 0 N–H and O–H groups in total. The third kappa shape index (κ3) is 10.8. The van der Waals surface area contributed by atoms with Crippen molar-refractivity contribution in [1.29, 1.82) is 0 Å². The fourth-order valence-electron chi connectivity index (χ4n) is 4.43. The quantitative estimate of drug-likeness (QED) is 0.403. The zero-order chi connectivity index (χ0) is 30.9. The van der Waals surface area contributed by atoms with E-state index in [0.29, 0.717) is 26.2 Å². The van der Waals surface area contributed by atoms with E-state index in [4.69, 9.17) is 19.4 Å². The van der Waals surface area contributed by atoms with E-state index in [-0.39, 0.29) is 44.6 Å². The molecular formula is C30H42N6O6. The van der Waals surface area contributed by atoms with Crippen molar-refractivity contribution in [3.8, 4) is 0 Å². The Balaban J connectivity index is 1.76. The van der Waals surface area contributed by atoms with Crippen molar-refractivity contribution in [3.05, 3.63) is 59.2 Å². The summed E-state index contributed by atoms with van der Waals surface area (Å²) in [5, 5.41) is 0. The standard InChI is InChI=1S/C30H42N6O6/c1-7-41-28(39)20-33(5)26(37)18-35-14-22-10-8-12-24(31-22)16-36(17-25-13-9-11-23(15-35)32-25)19-27(38)34(6)21-29(40)42-30(2,3)4/h8-13H,7,14-21H2,1-6H3. The average Bonchev–Trinajstić information content (AvgIpc) is 2.87. The van der Waals surface area contributed by atoms with E-state index in [1.165, 1.54) is 9.80 Å². The van der Waals surface area contributed by atoms with E-state index in [1.54, 1.807) is 41.8 Å². The number of fused-ring (bicyclic) bond motifs is 4. The van der Waals surface area contributed by atoms with E-state index in [9.17, 15) is 19.2 Å². The molecule has 0 radical (unpaired) electrons. The lowest BCUT2D eigenvalue weighted by Crippen LogP contribution is -2.42. The fraction of sp³-hybridized carbons (Fsp3) is 0.533. The van der Waals surface area contributed by atoms with Crippen molar-refractivity contribution in [2.75, 3.05) is 46.9 Å². The zero-order valence-electron chi connectivity index (χ0n) is 25.5. The Morgan fingerprint density at radius 2 is 1.12 bits per heavy atom. The number of aromatic nitrogens is 2. The largest absolute Gasteiger partial charge is 0.465 e. The van der Waals surface area contributed by atoms with Crippen LogP contribution in [-0.4, -0.2) is 106 Å². The summed E-state index contributed by atoms with van der Waals surface area (Å²) in [6.07, 6.45) is 0. The smallest absolute Gasteiger partial charge is 0.326 e. The summed E-state index contributed by atoms with van der Waals surface area (Å²) in [5.74, 6) is -1.37. The van der Waals surface area contributed by atoms with Crippen molar-refractivity contribution in [3.63, 3.8) is 0 Å². The highest BCUT2D eigenvalue weighted by Gasteiger charge is 2.23. The van der Waals surface area contributed by atoms with Crippen LogP contribution in [0.3, 0.4) is 0 Å². The SMILES string of the molecule is CCOC(=O)CN(C)C(=O)CN1Cc2cccc(n2)CN(CC(=O)N(C)CC(=O)OC(C)(C)C)Cc2cccc(n2)C1. The van der Waals surface area contributed by atoms with Gasteiger partial charge in [0.05, 0.1) is 42.5 Å². The van der Waals surface area contributed by atoms with Crippen LogP contribution in [-0.2, 0) is 54.8 Å². The van der Waals surface area contributed by atoms with Gasteiger partial charge in [-0.25, -0.2) is 0 Å². The molecular weight excluding hydrogens is 540 g/mol. The van der Waals surface area contributed by atoms with Crippen LogP contribution in [0.2, 0.25) is 0 Å². The maximum Gasteiger partial charge on any atom is 0.326 e. The number of carbonyl (C=O) groups is 4. The molecule has 0 spiro atoms. The van der Waals surface area contributed by atoms with Crippen LogP contribution >= 0.6 is 0 Å². The van der Waals surface area contributed by atoms with Crippen molar-refractivity contribution >= 4 is 23.8 Å². The van der Waals surface area contributed by atoms with E-state index >= 15 is 0 Å². The minimum absolute atomic E-state index is 0.0601. The molecule has 0 atom stereocenters. The van der Waals surface area contributed by atoms with Crippen LogP contribution in [0.15, 0.2) is 36.4 Å². The van der Waals surface area contributed by atoms with Gasteiger partial charge in [0.1, 0.15) is 18.7 Å². The summed E-state index contributed by atoms with van der Waals surface area (Å²) in [4.78, 5) is 66.4.